The lowest BCUT2D eigenvalue weighted by atomic mass is 10.2. The Morgan fingerprint density at radius 1 is 1.22 bits per heavy atom. The lowest BCUT2D eigenvalue weighted by Gasteiger charge is -2.09. The summed E-state index contributed by atoms with van der Waals surface area (Å²) in [5.74, 6) is -0.0697. The monoisotopic (exact) mass is 257 g/mol. The van der Waals surface area contributed by atoms with Gasteiger partial charge in [-0.3, -0.25) is 4.79 Å². The van der Waals surface area contributed by atoms with Crippen LogP contribution in [0.15, 0.2) is 53.9 Å². The normalized spacial score (nSPS) is 12.5. The maximum Gasteiger partial charge on any atom is 0.244 e. The van der Waals surface area contributed by atoms with Gasteiger partial charge in [-0.1, -0.05) is 36.4 Å². The highest BCUT2D eigenvalue weighted by Crippen LogP contribution is 2.17. The highest BCUT2D eigenvalue weighted by atomic mass is 32.1. The van der Waals surface area contributed by atoms with Gasteiger partial charge in [0.1, 0.15) is 0 Å². The molecule has 1 aromatic heterocycles. The number of nitrogens with one attached hydrogen (secondary N) is 1. The standard InChI is InChI=1S/C15H15NOS/c1-12(14-8-5-11-18-14)16-15(17)10-9-13-6-3-2-4-7-13/h2-12H,1H3,(H,16,17)/b10-9+. The van der Waals surface area contributed by atoms with Gasteiger partial charge in [-0.05, 0) is 30.0 Å². The molecule has 0 saturated carbocycles. The molecule has 0 saturated heterocycles. The van der Waals surface area contributed by atoms with Gasteiger partial charge in [0.15, 0.2) is 0 Å². The Bertz CT molecular complexity index is 517. The molecule has 2 nitrogen and oxygen atoms in total. The molecule has 2 aromatic rings. The summed E-state index contributed by atoms with van der Waals surface area (Å²) < 4.78 is 0. The molecule has 0 fully saturated rings. The number of amides is 1. The molecule has 3 heteroatoms. The molecule has 0 aliphatic rings. The Morgan fingerprint density at radius 3 is 2.67 bits per heavy atom. The van der Waals surface area contributed by atoms with Crippen molar-refractivity contribution < 1.29 is 4.79 Å². The maximum absolute atomic E-state index is 11.7. The third kappa shape index (κ3) is 3.57. The van der Waals surface area contributed by atoms with Crippen LogP contribution in [0.1, 0.15) is 23.4 Å². The van der Waals surface area contributed by atoms with E-state index in [1.54, 1.807) is 17.4 Å². The number of rotatable bonds is 4. The Morgan fingerprint density at radius 2 is 2.00 bits per heavy atom. The van der Waals surface area contributed by atoms with Crippen LogP contribution in [-0.2, 0) is 4.79 Å². The summed E-state index contributed by atoms with van der Waals surface area (Å²) in [5, 5.41) is 4.95. The lowest BCUT2D eigenvalue weighted by Crippen LogP contribution is -2.23. The van der Waals surface area contributed by atoms with E-state index in [1.165, 1.54) is 0 Å². The minimum Gasteiger partial charge on any atom is -0.345 e. The van der Waals surface area contributed by atoms with E-state index >= 15 is 0 Å². The number of benzene rings is 1. The Hall–Kier alpha value is -1.87. The van der Waals surface area contributed by atoms with Crippen molar-refractivity contribution in [1.82, 2.24) is 5.32 Å². The van der Waals surface area contributed by atoms with Crippen molar-refractivity contribution in [2.45, 2.75) is 13.0 Å². The van der Waals surface area contributed by atoms with E-state index in [1.807, 2.05) is 60.8 Å². The van der Waals surface area contributed by atoms with E-state index in [2.05, 4.69) is 5.32 Å². The second-order valence-electron chi connectivity index (χ2n) is 3.99. The third-order valence-corrected chi connectivity index (χ3v) is 3.61. The fourth-order valence-corrected chi connectivity index (χ4v) is 2.34. The zero-order valence-corrected chi connectivity index (χ0v) is 11.0. The van der Waals surface area contributed by atoms with Crippen molar-refractivity contribution in [2.24, 2.45) is 0 Å². The highest BCUT2D eigenvalue weighted by molar-refractivity contribution is 7.10. The fraction of sp³-hybridized carbons (Fsp3) is 0.133. The van der Waals surface area contributed by atoms with E-state index < -0.39 is 0 Å². The first-order valence-corrected chi connectivity index (χ1v) is 6.71. The van der Waals surface area contributed by atoms with Crippen molar-refractivity contribution in [2.75, 3.05) is 0 Å². The second kappa shape index (κ2) is 6.17. The molecule has 0 spiro atoms. The van der Waals surface area contributed by atoms with Gasteiger partial charge >= 0.3 is 0 Å². The predicted octanol–water partition coefficient (Wildman–Crippen LogP) is 3.64. The van der Waals surface area contributed by atoms with Gasteiger partial charge in [-0.2, -0.15) is 0 Å². The highest BCUT2D eigenvalue weighted by Gasteiger charge is 2.07. The van der Waals surface area contributed by atoms with Crippen molar-refractivity contribution in [3.63, 3.8) is 0 Å². The summed E-state index contributed by atoms with van der Waals surface area (Å²) in [5.41, 5.74) is 1.02. The molecule has 1 atom stereocenters. The van der Waals surface area contributed by atoms with Gasteiger partial charge in [-0.15, -0.1) is 11.3 Å². The molecule has 0 aliphatic heterocycles. The quantitative estimate of drug-likeness (QED) is 0.832. The summed E-state index contributed by atoms with van der Waals surface area (Å²) in [6, 6.07) is 13.9. The zero-order valence-electron chi connectivity index (χ0n) is 10.2. The number of carbonyl (C=O) groups is 1. The first kappa shape index (κ1) is 12.6. The van der Waals surface area contributed by atoms with E-state index in [0.29, 0.717) is 0 Å². The van der Waals surface area contributed by atoms with Gasteiger partial charge < -0.3 is 5.32 Å². The van der Waals surface area contributed by atoms with Crippen molar-refractivity contribution in [3.05, 3.63) is 64.4 Å². The molecule has 1 N–H and O–H groups in total. The Kier molecular flexibility index (Phi) is 4.31. The van der Waals surface area contributed by atoms with Gasteiger partial charge in [0, 0.05) is 11.0 Å². The summed E-state index contributed by atoms with van der Waals surface area (Å²) in [6.45, 7) is 1.99. The summed E-state index contributed by atoms with van der Waals surface area (Å²) in [7, 11) is 0. The van der Waals surface area contributed by atoms with E-state index in [-0.39, 0.29) is 11.9 Å². The molecule has 0 aliphatic carbocycles. The smallest absolute Gasteiger partial charge is 0.244 e. The molecule has 2 rings (SSSR count). The van der Waals surface area contributed by atoms with Gasteiger partial charge in [0.2, 0.25) is 5.91 Å². The Balaban J connectivity index is 1.91. The molecule has 1 unspecified atom stereocenters. The number of carbonyl (C=O) groups excluding carboxylic acids is 1. The maximum atomic E-state index is 11.7. The van der Waals surface area contributed by atoms with E-state index in [9.17, 15) is 4.79 Å². The van der Waals surface area contributed by atoms with Crippen molar-refractivity contribution in [1.29, 1.82) is 0 Å². The minimum absolute atomic E-state index is 0.0536. The molecule has 18 heavy (non-hydrogen) atoms. The van der Waals surface area contributed by atoms with Crippen LogP contribution in [0.5, 0.6) is 0 Å². The molecule has 0 bridgehead atoms. The molecular formula is C15H15NOS. The van der Waals surface area contributed by atoms with Crippen LogP contribution in [0.25, 0.3) is 6.08 Å². The van der Waals surface area contributed by atoms with Gasteiger partial charge in [0.05, 0.1) is 6.04 Å². The third-order valence-electron chi connectivity index (χ3n) is 2.56. The van der Waals surface area contributed by atoms with Crippen LogP contribution >= 0.6 is 11.3 Å². The molecular weight excluding hydrogens is 242 g/mol. The van der Waals surface area contributed by atoms with Crippen molar-refractivity contribution >= 4 is 23.3 Å². The first-order chi connectivity index (χ1) is 8.75. The SMILES string of the molecule is CC(NC(=O)/C=C/c1ccccc1)c1cccs1. The van der Waals surface area contributed by atoms with Crippen molar-refractivity contribution in [3.8, 4) is 0 Å². The molecule has 92 valence electrons. The molecule has 1 amide bonds. The predicted molar refractivity (Wildman–Crippen MR) is 76.4 cm³/mol. The summed E-state index contributed by atoms with van der Waals surface area (Å²) >= 11 is 1.65. The average Bonchev–Trinajstić information content (AvgIpc) is 2.91. The minimum atomic E-state index is -0.0697. The van der Waals surface area contributed by atoms with Crippen LogP contribution < -0.4 is 5.32 Å². The number of thiophene rings is 1. The lowest BCUT2D eigenvalue weighted by molar-refractivity contribution is -0.117. The molecule has 1 heterocycles. The fourth-order valence-electron chi connectivity index (χ4n) is 1.61. The summed E-state index contributed by atoms with van der Waals surface area (Å²) in [6.07, 6.45) is 3.38. The van der Waals surface area contributed by atoms with Crippen LogP contribution in [0.2, 0.25) is 0 Å². The second-order valence-corrected chi connectivity index (χ2v) is 4.97. The molecule has 1 aromatic carbocycles. The van der Waals surface area contributed by atoms with Gasteiger partial charge in [0.25, 0.3) is 0 Å². The number of hydrogen-bond donors (Lipinski definition) is 1. The first-order valence-electron chi connectivity index (χ1n) is 5.83. The number of hydrogen-bond acceptors (Lipinski definition) is 2. The molecule has 0 radical (unpaired) electrons. The zero-order chi connectivity index (χ0) is 12.8. The average molecular weight is 257 g/mol. The van der Waals surface area contributed by atoms with E-state index in [4.69, 9.17) is 0 Å². The van der Waals surface area contributed by atoms with Crippen LogP contribution in [-0.4, -0.2) is 5.91 Å². The van der Waals surface area contributed by atoms with Crippen LogP contribution in [0.3, 0.4) is 0 Å². The Labute approximate surface area is 111 Å². The van der Waals surface area contributed by atoms with E-state index in [0.717, 1.165) is 10.4 Å². The van der Waals surface area contributed by atoms with Crippen LogP contribution in [0, 0.1) is 0 Å². The van der Waals surface area contributed by atoms with Gasteiger partial charge in [-0.25, -0.2) is 0 Å². The largest absolute Gasteiger partial charge is 0.345 e. The van der Waals surface area contributed by atoms with Crippen LogP contribution in [0.4, 0.5) is 0 Å². The summed E-state index contributed by atoms with van der Waals surface area (Å²) in [4.78, 5) is 12.9. The topological polar surface area (TPSA) is 29.1 Å².